The Bertz CT molecular complexity index is 1110. The van der Waals surface area contributed by atoms with Gasteiger partial charge in [-0.15, -0.1) is 0 Å². The molecule has 8 nitrogen and oxygen atoms in total. The summed E-state index contributed by atoms with van der Waals surface area (Å²) in [6.07, 6.45) is 0. The van der Waals surface area contributed by atoms with Crippen molar-refractivity contribution in [1.82, 2.24) is 4.90 Å². The number of amides is 1. The number of benzene rings is 2. The summed E-state index contributed by atoms with van der Waals surface area (Å²) in [6, 6.07) is 3.27. The van der Waals surface area contributed by atoms with Crippen LogP contribution in [0, 0.1) is 34.5 Å². The number of carbonyl (C=O) groups excluding carboxylic acids is 1. The first-order chi connectivity index (χ1) is 16.2. The van der Waals surface area contributed by atoms with E-state index in [0.717, 1.165) is 12.1 Å². The maximum absolute atomic E-state index is 14.7. The molecule has 0 aromatic heterocycles. The SMILES string of the molecule is Cc1cc(F)c(F)c(C(=O)N2CCN(c3cc(N4CCOCC4)c(F)cc3[N+](=O)[O-])CC2)c1Cl. The first-order valence-corrected chi connectivity index (χ1v) is 11.1. The van der Waals surface area contributed by atoms with Crippen LogP contribution in [0.15, 0.2) is 18.2 Å². The van der Waals surface area contributed by atoms with Crippen LogP contribution < -0.4 is 9.80 Å². The highest BCUT2D eigenvalue weighted by Gasteiger charge is 2.31. The Hall–Kier alpha value is -3.05. The molecule has 2 aromatic carbocycles. The van der Waals surface area contributed by atoms with Crippen LogP contribution >= 0.6 is 11.6 Å². The van der Waals surface area contributed by atoms with E-state index in [9.17, 15) is 28.1 Å². The lowest BCUT2D eigenvalue weighted by atomic mass is 10.1. The maximum Gasteiger partial charge on any atom is 0.295 e. The summed E-state index contributed by atoms with van der Waals surface area (Å²) >= 11 is 6.08. The number of nitrogens with zero attached hydrogens (tertiary/aromatic N) is 4. The van der Waals surface area contributed by atoms with Crippen molar-refractivity contribution in [3.63, 3.8) is 0 Å². The highest BCUT2D eigenvalue weighted by Crippen LogP contribution is 2.36. The quantitative estimate of drug-likeness (QED) is 0.363. The second kappa shape index (κ2) is 9.67. The molecule has 0 atom stereocenters. The second-order valence-corrected chi connectivity index (χ2v) is 8.48. The van der Waals surface area contributed by atoms with Gasteiger partial charge in [-0.25, -0.2) is 13.2 Å². The molecule has 34 heavy (non-hydrogen) atoms. The van der Waals surface area contributed by atoms with Gasteiger partial charge in [0.2, 0.25) is 0 Å². The number of piperazine rings is 1. The minimum absolute atomic E-state index is 0.0889. The highest BCUT2D eigenvalue weighted by atomic mass is 35.5. The molecular weight excluding hydrogens is 477 g/mol. The van der Waals surface area contributed by atoms with Crippen LogP contribution in [0.25, 0.3) is 0 Å². The van der Waals surface area contributed by atoms with Gasteiger partial charge in [0.25, 0.3) is 11.6 Å². The molecule has 1 amide bonds. The lowest BCUT2D eigenvalue weighted by Gasteiger charge is -2.37. The monoisotopic (exact) mass is 498 g/mol. The van der Waals surface area contributed by atoms with E-state index >= 15 is 0 Å². The zero-order valence-electron chi connectivity index (χ0n) is 18.3. The molecular formula is C22H22ClF3N4O4. The van der Waals surface area contributed by atoms with Crippen molar-refractivity contribution in [2.24, 2.45) is 0 Å². The van der Waals surface area contributed by atoms with Crippen molar-refractivity contribution in [3.8, 4) is 0 Å². The first-order valence-electron chi connectivity index (χ1n) is 10.7. The van der Waals surface area contributed by atoms with Gasteiger partial charge < -0.3 is 19.4 Å². The zero-order valence-corrected chi connectivity index (χ0v) is 19.1. The normalized spacial score (nSPS) is 16.7. The number of anilines is 2. The molecule has 4 rings (SSSR count). The van der Waals surface area contributed by atoms with E-state index in [-0.39, 0.29) is 53.8 Å². The Labute approximate surface area is 198 Å². The Balaban J connectivity index is 1.57. The van der Waals surface area contributed by atoms with Crippen molar-refractivity contribution in [1.29, 1.82) is 0 Å². The molecule has 2 heterocycles. The Morgan fingerprint density at radius 3 is 2.21 bits per heavy atom. The lowest BCUT2D eigenvalue weighted by molar-refractivity contribution is -0.384. The summed E-state index contributed by atoms with van der Waals surface area (Å²) in [5.41, 5.74) is -0.212. The van der Waals surface area contributed by atoms with Gasteiger partial charge in [-0.3, -0.25) is 14.9 Å². The third kappa shape index (κ3) is 4.49. The summed E-state index contributed by atoms with van der Waals surface area (Å²) in [5, 5.41) is 11.5. The Morgan fingerprint density at radius 1 is 0.971 bits per heavy atom. The van der Waals surface area contributed by atoms with E-state index < -0.39 is 33.8 Å². The predicted molar refractivity (Wildman–Crippen MR) is 120 cm³/mol. The van der Waals surface area contributed by atoms with E-state index in [0.29, 0.717) is 26.3 Å². The summed E-state index contributed by atoms with van der Waals surface area (Å²) in [7, 11) is 0. The summed E-state index contributed by atoms with van der Waals surface area (Å²) in [4.78, 5) is 28.6. The molecule has 0 bridgehead atoms. The minimum atomic E-state index is -1.31. The topological polar surface area (TPSA) is 79.2 Å². The van der Waals surface area contributed by atoms with Gasteiger partial charge in [-0.05, 0) is 24.6 Å². The molecule has 0 N–H and O–H groups in total. The van der Waals surface area contributed by atoms with Crippen LogP contribution in [0.1, 0.15) is 15.9 Å². The van der Waals surface area contributed by atoms with Crippen LogP contribution in [0.2, 0.25) is 5.02 Å². The van der Waals surface area contributed by atoms with Gasteiger partial charge >= 0.3 is 0 Å². The van der Waals surface area contributed by atoms with E-state index in [2.05, 4.69) is 0 Å². The predicted octanol–water partition coefficient (Wildman–Crippen LogP) is 3.77. The van der Waals surface area contributed by atoms with Crippen LogP contribution in [0.5, 0.6) is 0 Å². The number of carbonyl (C=O) groups is 1. The molecule has 0 aliphatic carbocycles. The third-order valence-corrected chi connectivity index (χ3v) is 6.54. The van der Waals surface area contributed by atoms with Gasteiger partial charge in [0, 0.05) is 39.3 Å². The summed E-state index contributed by atoms with van der Waals surface area (Å²) in [6.45, 7) is 3.75. The number of ether oxygens (including phenoxy) is 1. The van der Waals surface area contributed by atoms with E-state index in [1.807, 2.05) is 0 Å². The van der Waals surface area contributed by atoms with Crippen LogP contribution in [0.3, 0.4) is 0 Å². The van der Waals surface area contributed by atoms with Crippen molar-refractivity contribution < 1.29 is 27.6 Å². The zero-order chi connectivity index (χ0) is 24.6. The van der Waals surface area contributed by atoms with Crippen molar-refractivity contribution in [3.05, 3.63) is 61.9 Å². The van der Waals surface area contributed by atoms with Crippen LogP contribution in [-0.4, -0.2) is 68.2 Å². The number of rotatable bonds is 4. The van der Waals surface area contributed by atoms with Gasteiger partial charge in [0.1, 0.15) is 5.69 Å². The number of hydrogen-bond acceptors (Lipinski definition) is 6. The molecule has 12 heteroatoms. The number of hydrogen-bond donors (Lipinski definition) is 0. The Morgan fingerprint density at radius 2 is 1.59 bits per heavy atom. The molecule has 0 spiro atoms. The van der Waals surface area contributed by atoms with Crippen LogP contribution in [0.4, 0.5) is 30.2 Å². The fourth-order valence-electron chi connectivity index (χ4n) is 4.21. The summed E-state index contributed by atoms with van der Waals surface area (Å²) < 4.78 is 48.2. The first kappa shape index (κ1) is 24.1. The average molecular weight is 499 g/mol. The molecule has 2 aromatic rings. The molecule has 2 saturated heterocycles. The fraction of sp³-hybridized carbons (Fsp3) is 0.409. The van der Waals surface area contributed by atoms with Gasteiger partial charge in [-0.1, -0.05) is 11.6 Å². The van der Waals surface area contributed by atoms with Crippen molar-refractivity contribution in [2.45, 2.75) is 6.92 Å². The minimum Gasteiger partial charge on any atom is -0.378 e. The molecule has 182 valence electrons. The number of aryl methyl sites for hydroxylation is 1. The maximum atomic E-state index is 14.7. The number of nitro groups is 1. The molecule has 2 aliphatic rings. The number of nitro benzene ring substituents is 1. The van der Waals surface area contributed by atoms with Gasteiger partial charge in [0.15, 0.2) is 17.5 Å². The van der Waals surface area contributed by atoms with Gasteiger partial charge in [0.05, 0.1) is 40.5 Å². The number of halogens is 4. The fourth-order valence-corrected chi connectivity index (χ4v) is 4.43. The molecule has 0 saturated carbocycles. The molecule has 0 unspecified atom stereocenters. The summed E-state index contributed by atoms with van der Waals surface area (Å²) in [5.74, 6) is -3.93. The van der Waals surface area contributed by atoms with E-state index in [1.165, 1.54) is 17.9 Å². The molecule has 2 aliphatic heterocycles. The molecule has 0 radical (unpaired) electrons. The van der Waals surface area contributed by atoms with Gasteiger partial charge in [-0.2, -0.15) is 0 Å². The third-order valence-electron chi connectivity index (χ3n) is 6.05. The standard InChI is InChI=1S/C22H22ClF3N4O4/c1-13-10-15(25)21(26)19(20(13)23)22(31)29-4-2-27(3-5-29)17-12-16(28-6-8-34-9-7-28)14(24)11-18(17)30(32)33/h10-12H,2-9H2,1H3. The van der Waals surface area contributed by atoms with E-state index in [4.69, 9.17) is 16.3 Å². The Kier molecular flexibility index (Phi) is 6.85. The lowest BCUT2D eigenvalue weighted by Crippen LogP contribution is -2.49. The van der Waals surface area contributed by atoms with Crippen molar-refractivity contribution in [2.75, 3.05) is 62.3 Å². The largest absolute Gasteiger partial charge is 0.378 e. The smallest absolute Gasteiger partial charge is 0.295 e. The van der Waals surface area contributed by atoms with E-state index in [1.54, 1.807) is 9.80 Å². The number of morpholine rings is 1. The average Bonchev–Trinajstić information content (AvgIpc) is 2.83. The van der Waals surface area contributed by atoms with Crippen molar-refractivity contribution >= 4 is 34.6 Å². The second-order valence-electron chi connectivity index (χ2n) is 8.11. The molecule has 2 fully saturated rings. The highest BCUT2D eigenvalue weighted by molar-refractivity contribution is 6.34. The van der Waals surface area contributed by atoms with Crippen LogP contribution in [-0.2, 0) is 4.74 Å².